The van der Waals surface area contributed by atoms with Crippen LogP contribution in [0.3, 0.4) is 0 Å². The fourth-order valence-electron chi connectivity index (χ4n) is 2.56. The van der Waals surface area contributed by atoms with Gasteiger partial charge in [-0.25, -0.2) is 35.1 Å². The van der Waals surface area contributed by atoms with E-state index in [0.717, 1.165) is 0 Å². The van der Waals surface area contributed by atoms with Crippen molar-refractivity contribution < 1.29 is 61.5 Å². The van der Waals surface area contributed by atoms with Gasteiger partial charge >= 0.3 is 12.4 Å². The third kappa shape index (κ3) is 2.92. The van der Waals surface area contributed by atoms with E-state index in [4.69, 9.17) is 0 Å². The molecule has 0 saturated heterocycles. The van der Waals surface area contributed by atoms with Crippen molar-refractivity contribution in [3.8, 4) is 0 Å². The summed E-state index contributed by atoms with van der Waals surface area (Å²) in [6.45, 7) is 0. The molecule has 0 aliphatic heterocycles. The molecule has 156 valence electrons. The number of rotatable bonds is 1. The number of halogens is 14. The zero-order valence-electron chi connectivity index (χ0n) is 12.4. The lowest BCUT2D eigenvalue weighted by molar-refractivity contribution is -0.229. The van der Waals surface area contributed by atoms with Gasteiger partial charge in [0.1, 0.15) is 11.4 Å². The van der Waals surface area contributed by atoms with E-state index in [1.807, 2.05) is 0 Å². The first-order valence-corrected chi connectivity index (χ1v) is 6.59. The SMILES string of the molecule is FC1=CC(F)=C(F)C(c2c(F)c(F)c(F)c(F)c2C(F)(F)F)C1(F)C(F)(F)F. The molecule has 0 spiro atoms. The van der Waals surface area contributed by atoms with Gasteiger partial charge in [-0.15, -0.1) is 0 Å². The molecule has 2 rings (SSSR count). The topological polar surface area (TPSA) is 0 Å². The molecule has 0 bridgehead atoms. The minimum Gasteiger partial charge on any atom is -0.225 e. The number of benzene rings is 1. The molecule has 0 nitrogen and oxygen atoms in total. The van der Waals surface area contributed by atoms with E-state index >= 15 is 0 Å². The second-order valence-electron chi connectivity index (χ2n) is 5.37. The lowest BCUT2D eigenvalue weighted by Gasteiger charge is -2.36. The van der Waals surface area contributed by atoms with Gasteiger partial charge in [-0.3, -0.25) is 0 Å². The molecule has 28 heavy (non-hydrogen) atoms. The van der Waals surface area contributed by atoms with Crippen molar-refractivity contribution in [2.75, 3.05) is 0 Å². The van der Waals surface area contributed by atoms with Crippen molar-refractivity contribution in [2.24, 2.45) is 0 Å². The van der Waals surface area contributed by atoms with Crippen LogP contribution < -0.4 is 0 Å². The number of hydrogen-bond donors (Lipinski definition) is 0. The van der Waals surface area contributed by atoms with Crippen LogP contribution in [0.5, 0.6) is 0 Å². The second kappa shape index (κ2) is 6.37. The lowest BCUT2D eigenvalue weighted by Crippen LogP contribution is -2.49. The molecule has 0 N–H and O–H groups in total. The van der Waals surface area contributed by atoms with Crippen LogP contribution in [-0.2, 0) is 6.18 Å². The Kier molecular flexibility index (Phi) is 5.01. The van der Waals surface area contributed by atoms with Gasteiger partial charge in [0, 0.05) is 11.6 Å². The Hall–Kier alpha value is -2.28. The molecule has 14 heteroatoms. The van der Waals surface area contributed by atoms with Gasteiger partial charge in [0.15, 0.2) is 34.9 Å². The van der Waals surface area contributed by atoms with Gasteiger partial charge in [0.25, 0.3) is 5.67 Å². The third-order valence-electron chi connectivity index (χ3n) is 3.77. The number of allylic oxidation sites excluding steroid dienone is 4. The monoisotopic (exact) mass is 436 g/mol. The third-order valence-corrected chi connectivity index (χ3v) is 3.77. The van der Waals surface area contributed by atoms with Crippen LogP contribution in [0.4, 0.5) is 61.5 Å². The first kappa shape index (κ1) is 22.0. The summed E-state index contributed by atoms with van der Waals surface area (Å²) < 4.78 is 187. The molecule has 1 aliphatic rings. The van der Waals surface area contributed by atoms with Crippen LogP contribution in [0.25, 0.3) is 0 Å². The predicted molar refractivity (Wildman–Crippen MR) is 62.3 cm³/mol. The number of alkyl halides is 7. The lowest BCUT2D eigenvalue weighted by atomic mass is 9.75. The maximum atomic E-state index is 14.5. The molecule has 1 aliphatic carbocycles. The van der Waals surface area contributed by atoms with Gasteiger partial charge in [0.05, 0.1) is 5.92 Å². The molecule has 0 aromatic heterocycles. The highest BCUT2D eigenvalue weighted by molar-refractivity contribution is 5.49. The molecule has 0 saturated carbocycles. The number of hydrogen-bond acceptors (Lipinski definition) is 0. The predicted octanol–water partition coefficient (Wildman–Crippen LogP) is 6.63. The summed E-state index contributed by atoms with van der Waals surface area (Å²) in [6.07, 6.45) is -14.0. The summed E-state index contributed by atoms with van der Waals surface area (Å²) in [5.74, 6) is -26.7. The average molecular weight is 436 g/mol. The molecule has 1 aromatic rings. The molecule has 1 aromatic carbocycles. The Bertz CT molecular complexity index is 887. The average Bonchev–Trinajstić information content (AvgIpc) is 2.53. The van der Waals surface area contributed by atoms with Gasteiger partial charge in [-0.2, -0.15) is 26.3 Å². The van der Waals surface area contributed by atoms with Crippen LogP contribution in [-0.4, -0.2) is 11.8 Å². The van der Waals surface area contributed by atoms with Crippen LogP contribution >= 0.6 is 0 Å². The molecule has 0 amide bonds. The van der Waals surface area contributed by atoms with Gasteiger partial charge in [0.2, 0.25) is 0 Å². The minimum absolute atomic E-state index is 1.03. The van der Waals surface area contributed by atoms with Crippen molar-refractivity contribution >= 4 is 0 Å². The Morgan fingerprint density at radius 1 is 0.714 bits per heavy atom. The summed E-state index contributed by atoms with van der Waals surface area (Å²) in [4.78, 5) is 0. The van der Waals surface area contributed by atoms with Crippen LogP contribution in [0.2, 0.25) is 0 Å². The van der Waals surface area contributed by atoms with Gasteiger partial charge in [-0.1, -0.05) is 0 Å². The standard InChI is InChI=1S/C14H2F14/c15-2-1-3(16)12(22,14(26,27)28)5(7(2)17)4-6(13(23,24)25)9(19)11(21)10(20)8(4)18/h1,5H. The van der Waals surface area contributed by atoms with Crippen LogP contribution in [0.15, 0.2) is 23.6 Å². The van der Waals surface area contributed by atoms with Crippen molar-refractivity contribution in [1.29, 1.82) is 0 Å². The zero-order valence-corrected chi connectivity index (χ0v) is 12.4. The van der Waals surface area contributed by atoms with E-state index in [2.05, 4.69) is 0 Å². The molecular weight excluding hydrogens is 434 g/mol. The Morgan fingerprint density at radius 3 is 1.61 bits per heavy atom. The van der Waals surface area contributed by atoms with E-state index in [9.17, 15) is 61.5 Å². The van der Waals surface area contributed by atoms with E-state index in [1.54, 1.807) is 0 Å². The molecular formula is C14H2F14. The maximum absolute atomic E-state index is 14.5. The highest BCUT2D eigenvalue weighted by Crippen LogP contribution is 2.58. The van der Waals surface area contributed by atoms with Crippen LogP contribution in [0, 0.1) is 23.3 Å². The molecule has 2 atom stereocenters. The molecule has 2 unspecified atom stereocenters. The minimum atomic E-state index is -6.66. The Labute approximate surface area is 144 Å². The van der Waals surface area contributed by atoms with Crippen molar-refractivity contribution in [3.05, 3.63) is 58.0 Å². The van der Waals surface area contributed by atoms with Crippen LogP contribution in [0.1, 0.15) is 17.0 Å². The zero-order chi connectivity index (χ0) is 22.0. The first-order valence-electron chi connectivity index (χ1n) is 6.59. The normalized spacial score (nSPS) is 23.9. The van der Waals surface area contributed by atoms with E-state index < -0.39 is 81.9 Å². The highest BCUT2D eigenvalue weighted by atomic mass is 19.4. The second-order valence-corrected chi connectivity index (χ2v) is 5.37. The van der Waals surface area contributed by atoms with E-state index in [1.165, 1.54) is 0 Å². The Balaban J connectivity index is 3.10. The fourth-order valence-corrected chi connectivity index (χ4v) is 2.56. The van der Waals surface area contributed by atoms with E-state index in [0.29, 0.717) is 0 Å². The molecule has 0 fully saturated rings. The summed E-state index contributed by atoms with van der Waals surface area (Å²) in [5, 5.41) is 0. The highest BCUT2D eigenvalue weighted by Gasteiger charge is 2.69. The largest absolute Gasteiger partial charge is 0.430 e. The first-order chi connectivity index (χ1) is 12.5. The molecule has 0 radical (unpaired) electrons. The maximum Gasteiger partial charge on any atom is 0.430 e. The van der Waals surface area contributed by atoms with Crippen molar-refractivity contribution in [1.82, 2.24) is 0 Å². The summed E-state index contributed by atoms with van der Waals surface area (Å²) in [7, 11) is 0. The Morgan fingerprint density at radius 2 is 1.18 bits per heavy atom. The smallest absolute Gasteiger partial charge is 0.225 e. The fraction of sp³-hybridized carbons (Fsp3) is 0.286. The van der Waals surface area contributed by atoms with E-state index in [-0.39, 0.29) is 0 Å². The van der Waals surface area contributed by atoms with Crippen molar-refractivity contribution in [3.63, 3.8) is 0 Å². The summed E-state index contributed by atoms with van der Waals surface area (Å²) in [5.41, 5.74) is -12.4. The molecule has 0 heterocycles. The van der Waals surface area contributed by atoms with Gasteiger partial charge in [-0.05, 0) is 0 Å². The van der Waals surface area contributed by atoms with Crippen molar-refractivity contribution in [2.45, 2.75) is 23.9 Å². The summed E-state index contributed by atoms with van der Waals surface area (Å²) >= 11 is 0. The summed E-state index contributed by atoms with van der Waals surface area (Å²) in [6, 6.07) is 0. The van der Waals surface area contributed by atoms with Gasteiger partial charge < -0.3 is 0 Å². The quantitative estimate of drug-likeness (QED) is 0.263.